The summed E-state index contributed by atoms with van der Waals surface area (Å²) < 4.78 is 0.930. The number of benzene rings is 1. The summed E-state index contributed by atoms with van der Waals surface area (Å²) in [6.45, 7) is 0. The van der Waals surface area contributed by atoms with Crippen molar-refractivity contribution in [3.05, 3.63) is 34.3 Å². The van der Waals surface area contributed by atoms with E-state index in [2.05, 4.69) is 31.4 Å². The third-order valence-electron chi connectivity index (χ3n) is 2.34. The van der Waals surface area contributed by atoms with Gasteiger partial charge in [-0.05, 0) is 17.7 Å². The quantitative estimate of drug-likeness (QED) is 0.636. The molecule has 2 N–H and O–H groups in total. The summed E-state index contributed by atoms with van der Waals surface area (Å²) >= 11 is 4.42. The average molecular weight is 356 g/mol. The van der Waals surface area contributed by atoms with Crippen LogP contribution in [-0.4, -0.2) is 33.6 Å². The van der Waals surface area contributed by atoms with Gasteiger partial charge in [-0.25, -0.2) is 0 Å². The van der Waals surface area contributed by atoms with Crippen LogP contribution in [0.3, 0.4) is 0 Å². The highest BCUT2D eigenvalue weighted by atomic mass is 79.9. The summed E-state index contributed by atoms with van der Waals surface area (Å²) in [5, 5.41) is 18.6. The smallest absolute Gasteiger partial charge is 0.305 e. The van der Waals surface area contributed by atoms with Gasteiger partial charge < -0.3 is 10.4 Å². The molecule has 8 heteroatoms. The lowest BCUT2D eigenvalue weighted by Gasteiger charge is -1.97. The highest BCUT2D eigenvalue weighted by Crippen LogP contribution is 2.22. The number of carboxylic acids is 1. The summed E-state index contributed by atoms with van der Waals surface area (Å²) in [4.78, 5) is 22.0. The SMILES string of the molecule is O=C(O)CC1S/C(=N/N=Cc2cccc(Br)c2)NC1=O. The van der Waals surface area contributed by atoms with Crippen LogP contribution in [0.5, 0.6) is 0 Å². The summed E-state index contributed by atoms with van der Waals surface area (Å²) in [6.07, 6.45) is 1.32. The number of nitrogens with one attached hydrogen (secondary N) is 1. The van der Waals surface area contributed by atoms with Gasteiger partial charge in [0.1, 0.15) is 5.25 Å². The summed E-state index contributed by atoms with van der Waals surface area (Å²) in [6, 6.07) is 7.50. The number of carboxylic acid groups (broad SMARTS) is 1. The number of rotatable bonds is 4. The standard InChI is InChI=1S/C12H10BrN3O3S/c13-8-3-1-2-7(4-8)6-14-16-12-15-11(19)9(20-12)5-10(17)18/h1-4,6,9H,5H2,(H,17,18)(H,15,16,19). The van der Waals surface area contributed by atoms with Crippen LogP contribution in [0.1, 0.15) is 12.0 Å². The number of halogens is 1. The second-order valence-corrected chi connectivity index (χ2v) is 6.01. The first-order valence-corrected chi connectivity index (χ1v) is 7.28. The van der Waals surface area contributed by atoms with Crippen LogP contribution in [0.25, 0.3) is 0 Å². The Hall–Kier alpha value is -1.67. The summed E-state index contributed by atoms with van der Waals surface area (Å²) in [7, 11) is 0. The van der Waals surface area contributed by atoms with Crippen molar-refractivity contribution in [3.8, 4) is 0 Å². The molecule has 0 radical (unpaired) electrons. The molecule has 2 rings (SSSR count). The molecular formula is C12H10BrN3O3S. The molecule has 0 aromatic heterocycles. The van der Waals surface area contributed by atoms with Gasteiger partial charge in [0.2, 0.25) is 5.91 Å². The topological polar surface area (TPSA) is 91.1 Å². The van der Waals surface area contributed by atoms with E-state index in [0.29, 0.717) is 5.17 Å². The third kappa shape index (κ3) is 4.17. The van der Waals surface area contributed by atoms with Gasteiger partial charge in [0.05, 0.1) is 12.6 Å². The van der Waals surface area contributed by atoms with Crippen molar-refractivity contribution in [2.45, 2.75) is 11.7 Å². The van der Waals surface area contributed by atoms with Crippen LogP contribution in [0, 0.1) is 0 Å². The van der Waals surface area contributed by atoms with Crippen molar-refractivity contribution in [1.29, 1.82) is 0 Å². The largest absolute Gasteiger partial charge is 0.481 e. The van der Waals surface area contributed by atoms with Crippen LogP contribution in [0.15, 0.2) is 38.9 Å². The molecule has 1 aliphatic heterocycles. The molecule has 0 bridgehead atoms. The number of thioether (sulfide) groups is 1. The maximum Gasteiger partial charge on any atom is 0.305 e. The molecule has 0 aliphatic carbocycles. The molecule has 1 heterocycles. The fraction of sp³-hybridized carbons (Fsp3) is 0.167. The maximum absolute atomic E-state index is 11.5. The predicted octanol–water partition coefficient (Wildman–Crippen LogP) is 1.85. The number of amides is 1. The molecule has 0 saturated carbocycles. The molecule has 1 aliphatic rings. The van der Waals surface area contributed by atoms with Gasteiger partial charge in [-0.2, -0.15) is 5.10 Å². The second-order valence-electron chi connectivity index (χ2n) is 3.90. The monoisotopic (exact) mass is 355 g/mol. The number of amidine groups is 1. The molecule has 0 spiro atoms. The lowest BCUT2D eigenvalue weighted by molar-refractivity contribution is -0.138. The van der Waals surface area contributed by atoms with Crippen LogP contribution >= 0.6 is 27.7 Å². The van der Waals surface area contributed by atoms with Gasteiger partial charge in [-0.3, -0.25) is 9.59 Å². The number of aliphatic carboxylic acids is 1. The Kier molecular flexibility index (Phi) is 4.91. The fourth-order valence-electron chi connectivity index (χ4n) is 1.48. The van der Waals surface area contributed by atoms with Gasteiger partial charge in [0, 0.05) is 4.47 Å². The van der Waals surface area contributed by atoms with Crippen LogP contribution in [0.2, 0.25) is 0 Å². The zero-order valence-electron chi connectivity index (χ0n) is 10.1. The molecule has 1 saturated heterocycles. The molecule has 1 aromatic rings. The van der Waals surface area contributed by atoms with E-state index < -0.39 is 11.2 Å². The molecule has 1 unspecified atom stereocenters. The predicted molar refractivity (Wildman–Crippen MR) is 80.9 cm³/mol. The summed E-state index contributed by atoms with van der Waals surface area (Å²) in [5.41, 5.74) is 0.861. The Balaban J connectivity index is 1.99. The van der Waals surface area contributed by atoms with Crippen molar-refractivity contribution >= 4 is 51.0 Å². The van der Waals surface area contributed by atoms with Gasteiger partial charge >= 0.3 is 5.97 Å². The first-order chi connectivity index (χ1) is 9.54. The average Bonchev–Trinajstić information content (AvgIpc) is 2.69. The minimum atomic E-state index is -1.02. The van der Waals surface area contributed by atoms with E-state index in [1.807, 2.05) is 24.3 Å². The Morgan fingerprint density at radius 3 is 3.05 bits per heavy atom. The minimum absolute atomic E-state index is 0.231. The van der Waals surface area contributed by atoms with Gasteiger partial charge in [0.15, 0.2) is 5.17 Å². The first-order valence-electron chi connectivity index (χ1n) is 5.60. The summed E-state index contributed by atoms with van der Waals surface area (Å²) in [5.74, 6) is -1.37. The molecule has 1 fully saturated rings. The van der Waals surface area contributed by atoms with E-state index in [-0.39, 0.29) is 12.3 Å². The van der Waals surface area contributed by atoms with Crippen LogP contribution in [0.4, 0.5) is 0 Å². The third-order valence-corrected chi connectivity index (χ3v) is 3.91. The van der Waals surface area contributed by atoms with E-state index in [9.17, 15) is 9.59 Å². The molecular weight excluding hydrogens is 346 g/mol. The number of carbonyl (C=O) groups excluding carboxylic acids is 1. The highest BCUT2D eigenvalue weighted by molar-refractivity contribution is 9.10. The van der Waals surface area contributed by atoms with Gasteiger partial charge in [0.25, 0.3) is 0 Å². The zero-order chi connectivity index (χ0) is 14.5. The first kappa shape index (κ1) is 14.7. The fourth-order valence-corrected chi connectivity index (χ4v) is 2.81. The number of nitrogens with zero attached hydrogens (tertiary/aromatic N) is 2. The van der Waals surface area contributed by atoms with E-state index in [0.717, 1.165) is 21.8 Å². The Labute approximate surface area is 127 Å². The van der Waals surface area contributed by atoms with Crippen molar-refractivity contribution in [2.24, 2.45) is 10.2 Å². The molecule has 20 heavy (non-hydrogen) atoms. The van der Waals surface area contributed by atoms with Crippen molar-refractivity contribution in [1.82, 2.24) is 5.32 Å². The number of carbonyl (C=O) groups is 2. The zero-order valence-corrected chi connectivity index (χ0v) is 12.5. The molecule has 1 amide bonds. The molecule has 104 valence electrons. The van der Waals surface area contributed by atoms with Crippen LogP contribution < -0.4 is 5.32 Å². The lowest BCUT2D eigenvalue weighted by atomic mass is 10.2. The van der Waals surface area contributed by atoms with Gasteiger partial charge in [-0.15, -0.1) is 5.10 Å². The van der Waals surface area contributed by atoms with Crippen LogP contribution in [-0.2, 0) is 9.59 Å². The lowest BCUT2D eigenvalue weighted by Crippen LogP contribution is -2.26. The van der Waals surface area contributed by atoms with Crippen molar-refractivity contribution in [3.63, 3.8) is 0 Å². The Morgan fingerprint density at radius 2 is 2.35 bits per heavy atom. The maximum atomic E-state index is 11.5. The molecule has 1 aromatic carbocycles. The highest BCUT2D eigenvalue weighted by Gasteiger charge is 2.32. The number of hydrogen-bond acceptors (Lipinski definition) is 5. The van der Waals surface area contributed by atoms with Crippen molar-refractivity contribution in [2.75, 3.05) is 0 Å². The van der Waals surface area contributed by atoms with E-state index >= 15 is 0 Å². The van der Waals surface area contributed by atoms with Crippen molar-refractivity contribution < 1.29 is 14.7 Å². The van der Waals surface area contributed by atoms with Gasteiger partial charge in [-0.1, -0.05) is 39.8 Å². The second kappa shape index (κ2) is 6.67. The normalized spacial score (nSPS) is 20.6. The van der Waals surface area contributed by atoms with E-state index in [1.165, 1.54) is 0 Å². The number of hydrogen-bond donors (Lipinski definition) is 2. The van der Waals surface area contributed by atoms with E-state index in [1.54, 1.807) is 6.21 Å². The molecule has 1 atom stereocenters. The molecule has 6 nitrogen and oxygen atoms in total. The Morgan fingerprint density at radius 1 is 1.55 bits per heavy atom. The van der Waals surface area contributed by atoms with E-state index in [4.69, 9.17) is 5.11 Å². The Bertz CT molecular complexity index is 603. The minimum Gasteiger partial charge on any atom is -0.481 e.